The predicted octanol–water partition coefficient (Wildman–Crippen LogP) is 3.73. The summed E-state index contributed by atoms with van der Waals surface area (Å²) >= 11 is -0.341. The van der Waals surface area contributed by atoms with Crippen molar-refractivity contribution in [3.8, 4) is 0 Å². The van der Waals surface area contributed by atoms with Crippen molar-refractivity contribution in [2.45, 2.75) is 73.3 Å². The molecular weight excluding hydrogens is 291 g/mol. The van der Waals surface area contributed by atoms with Gasteiger partial charge in [0.15, 0.2) is 0 Å². The minimum atomic E-state index is -0.341. The van der Waals surface area contributed by atoms with E-state index in [0.29, 0.717) is 0 Å². The van der Waals surface area contributed by atoms with Crippen LogP contribution in [-0.4, -0.2) is 31.9 Å². The Morgan fingerprint density at radius 1 is 1.07 bits per heavy atom. The standard InChI is InChI=1S/C8H17.C5H9O.Sn.H/c1-3-5-7-8-6-4-2;1-2-4-6-5-3-1;;/h1,3-8H2,2H3;4H,1-3,5H2;;. The van der Waals surface area contributed by atoms with Gasteiger partial charge in [-0.2, -0.15) is 0 Å². The third-order valence-electron chi connectivity index (χ3n) is 3.20. The zero-order valence-electron chi connectivity index (χ0n) is 10.3. The first-order chi connectivity index (χ1) is 7.43. The van der Waals surface area contributed by atoms with Crippen LogP contribution < -0.4 is 0 Å². The molecule has 15 heavy (non-hydrogen) atoms. The monoisotopic (exact) mass is 319 g/mol. The molecule has 0 amide bonds. The van der Waals surface area contributed by atoms with Gasteiger partial charge in [0.2, 0.25) is 0 Å². The first-order valence-corrected chi connectivity index (χ1v) is 11.1. The van der Waals surface area contributed by atoms with E-state index >= 15 is 0 Å². The third-order valence-corrected chi connectivity index (χ3v) is 8.32. The van der Waals surface area contributed by atoms with Crippen molar-refractivity contribution < 1.29 is 4.74 Å². The normalized spacial score (nSPS) is 21.8. The Hall–Kier alpha value is 0.759. The summed E-state index contributed by atoms with van der Waals surface area (Å²) in [5.74, 6) is 0. The Labute approximate surface area is 106 Å². The zero-order chi connectivity index (χ0) is 10.8. The molecule has 1 radical (unpaired) electrons. The van der Waals surface area contributed by atoms with Gasteiger partial charge >= 0.3 is 106 Å². The quantitative estimate of drug-likeness (QED) is 0.489. The molecule has 0 aromatic rings. The zero-order valence-corrected chi connectivity index (χ0v) is 13.6. The van der Waals surface area contributed by atoms with Crippen molar-refractivity contribution >= 4 is 21.1 Å². The van der Waals surface area contributed by atoms with Gasteiger partial charge in [0.1, 0.15) is 0 Å². The molecule has 1 saturated heterocycles. The first kappa shape index (κ1) is 13.8. The summed E-state index contributed by atoms with van der Waals surface area (Å²) in [6.07, 6.45) is 12.9. The molecule has 1 heterocycles. The van der Waals surface area contributed by atoms with Crippen LogP contribution in [0.2, 0.25) is 4.44 Å². The molecule has 0 saturated carbocycles. The average molecular weight is 318 g/mol. The fraction of sp³-hybridized carbons (Fsp3) is 1.00. The molecular formula is C13H27OSn. The molecule has 1 fully saturated rings. The summed E-state index contributed by atoms with van der Waals surface area (Å²) in [7, 11) is 0. The Morgan fingerprint density at radius 2 is 1.87 bits per heavy atom. The summed E-state index contributed by atoms with van der Waals surface area (Å²) in [4.78, 5) is 0. The van der Waals surface area contributed by atoms with Crippen LogP contribution in [0.1, 0.15) is 64.7 Å². The van der Waals surface area contributed by atoms with Gasteiger partial charge in [-0.25, -0.2) is 0 Å². The van der Waals surface area contributed by atoms with Gasteiger partial charge in [-0.15, -0.1) is 0 Å². The molecule has 1 atom stereocenters. The van der Waals surface area contributed by atoms with Crippen molar-refractivity contribution in [2.75, 3.05) is 6.61 Å². The van der Waals surface area contributed by atoms with Crippen LogP contribution in [0, 0.1) is 0 Å². The summed E-state index contributed by atoms with van der Waals surface area (Å²) in [6.45, 7) is 3.35. The van der Waals surface area contributed by atoms with E-state index in [9.17, 15) is 0 Å². The molecule has 1 aliphatic heterocycles. The van der Waals surface area contributed by atoms with Crippen molar-refractivity contribution in [2.24, 2.45) is 0 Å². The topological polar surface area (TPSA) is 9.23 Å². The van der Waals surface area contributed by atoms with E-state index < -0.39 is 0 Å². The van der Waals surface area contributed by atoms with Crippen LogP contribution in [0.25, 0.3) is 0 Å². The molecule has 0 aliphatic carbocycles. The number of hydrogen-bond acceptors (Lipinski definition) is 1. The molecule has 0 aromatic heterocycles. The van der Waals surface area contributed by atoms with Crippen LogP contribution in [-0.2, 0) is 4.74 Å². The van der Waals surface area contributed by atoms with E-state index in [-0.39, 0.29) is 21.1 Å². The minimum absolute atomic E-state index is 0.341. The summed E-state index contributed by atoms with van der Waals surface area (Å²) in [5, 5.41) is 0. The predicted molar refractivity (Wildman–Crippen MR) is 68.9 cm³/mol. The number of ether oxygens (including phenoxy) is 1. The van der Waals surface area contributed by atoms with Crippen molar-refractivity contribution in [3.05, 3.63) is 0 Å². The van der Waals surface area contributed by atoms with Gasteiger partial charge in [-0.3, -0.25) is 0 Å². The Morgan fingerprint density at radius 3 is 2.60 bits per heavy atom. The summed E-state index contributed by atoms with van der Waals surface area (Å²) in [5.41, 5.74) is 0. The summed E-state index contributed by atoms with van der Waals surface area (Å²) < 4.78 is 8.18. The van der Waals surface area contributed by atoms with Gasteiger partial charge in [0.25, 0.3) is 0 Å². The van der Waals surface area contributed by atoms with Crippen molar-refractivity contribution in [1.29, 1.82) is 0 Å². The molecule has 1 rings (SSSR count). The fourth-order valence-electron chi connectivity index (χ4n) is 2.18. The van der Waals surface area contributed by atoms with Crippen LogP contribution in [0.5, 0.6) is 0 Å². The summed E-state index contributed by atoms with van der Waals surface area (Å²) in [6, 6.07) is 0. The van der Waals surface area contributed by atoms with E-state index in [2.05, 4.69) is 6.92 Å². The molecule has 0 aromatic carbocycles. The van der Waals surface area contributed by atoms with Crippen LogP contribution in [0.3, 0.4) is 0 Å². The second-order valence-electron chi connectivity index (χ2n) is 4.70. The molecule has 89 valence electrons. The molecule has 0 spiro atoms. The molecule has 1 aliphatic rings. The van der Waals surface area contributed by atoms with Crippen molar-refractivity contribution in [3.63, 3.8) is 0 Å². The second-order valence-corrected chi connectivity index (χ2v) is 9.81. The molecule has 2 heteroatoms. The first-order valence-electron chi connectivity index (χ1n) is 6.88. The maximum absolute atomic E-state index is 5.81. The molecule has 1 nitrogen and oxygen atoms in total. The van der Waals surface area contributed by atoms with Gasteiger partial charge in [0.05, 0.1) is 0 Å². The van der Waals surface area contributed by atoms with Gasteiger partial charge in [-0.05, 0) is 0 Å². The molecule has 0 bridgehead atoms. The van der Waals surface area contributed by atoms with Crippen LogP contribution in [0.15, 0.2) is 0 Å². The maximum atomic E-state index is 5.81. The molecule has 1 unspecified atom stereocenters. The van der Waals surface area contributed by atoms with Gasteiger partial charge in [0, 0.05) is 0 Å². The fourth-order valence-corrected chi connectivity index (χ4v) is 6.86. The van der Waals surface area contributed by atoms with E-state index in [4.69, 9.17) is 4.74 Å². The number of hydrogen-bond donors (Lipinski definition) is 0. The van der Waals surface area contributed by atoms with E-state index in [1.54, 1.807) is 4.44 Å². The van der Waals surface area contributed by atoms with Crippen molar-refractivity contribution in [1.82, 2.24) is 0 Å². The Bertz CT molecular complexity index is 132. The van der Waals surface area contributed by atoms with E-state index in [0.717, 1.165) is 10.7 Å². The third kappa shape index (κ3) is 7.62. The Kier molecular flexibility index (Phi) is 9.17. The van der Waals surface area contributed by atoms with E-state index in [1.807, 2.05) is 0 Å². The van der Waals surface area contributed by atoms with Gasteiger partial charge in [-0.1, -0.05) is 0 Å². The van der Waals surface area contributed by atoms with Gasteiger partial charge < -0.3 is 0 Å². The molecule has 0 N–H and O–H groups in total. The second kappa shape index (κ2) is 9.95. The number of rotatable bonds is 8. The van der Waals surface area contributed by atoms with Crippen LogP contribution >= 0.6 is 0 Å². The Balaban J connectivity index is 1.79. The number of unbranched alkanes of at least 4 members (excludes halogenated alkanes) is 5. The SMILES string of the molecule is CCCCCCC[CH2][SnH][CH]1CCCCO1. The van der Waals surface area contributed by atoms with Crippen LogP contribution in [0.4, 0.5) is 0 Å². The van der Waals surface area contributed by atoms with E-state index in [1.165, 1.54) is 57.8 Å². The average Bonchev–Trinajstić information content (AvgIpc) is 2.29.